The van der Waals surface area contributed by atoms with Crippen LogP contribution in [0.2, 0.25) is 0 Å². The minimum absolute atomic E-state index is 0.561. The van der Waals surface area contributed by atoms with Crippen LogP contribution >= 0.6 is 0 Å². The minimum Gasteiger partial charge on any atom is -0.477 e. The Bertz CT molecular complexity index is 418. The highest BCUT2D eigenvalue weighted by atomic mass is 16.5. The van der Waals surface area contributed by atoms with Gasteiger partial charge in [-0.25, -0.2) is 0 Å². The molecular formula is C16H28N4O. The minimum atomic E-state index is 0.561. The summed E-state index contributed by atoms with van der Waals surface area (Å²) in [4.78, 5) is 11.2. The van der Waals surface area contributed by atoms with E-state index in [2.05, 4.69) is 41.0 Å². The predicted molar refractivity (Wildman–Crippen MR) is 85.9 cm³/mol. The molecule has 1 atom stereocenters. The van der Waals surface area contributed by atoms with Gasteiger partial charge in [0, 0.05) is 19.1 Å². The van der Waals surface area contributed by atoms with Crippen molar-refractivity contribution in [1.29, 1.82) is 0 Å². The van der Waals surface area contributed by atoms with Crippen molar-refractivity contribution in [3.63, 3.8) is 0 Å². The van der Waals surface area contributed by atoms with Gasteiger partial charge in [-0.3, -0.25) is 4.98 Å². The fourth-order valence-corrected chi connectivity index (χ4v) is 2.65. The van der Waals surface area contributed by atoms with Crippen LogP contribution in [0, 0.1) is 5.92 Å². The molecule has 118 valence electrons. The molecule has 1 aliphatic heterocycles. The van der Waals surface area contributed by atoms with E-state index in [4.69, 9.17) is 4.74 Å². The van der Waals surface area contributed by atoms with Crippen LogP contribution in [0.15, 0.2) is 12.4 Å². The molecule has 5 nitrogen and oxygen atoms in total. The first-order valence-corrected chi connectivity index (χ1v) is 8.12. The summed E-state index contributed by atoms with van der Waals surface area (Å²) in [6, 6.07) is 0.561. The zero-order chi connectivity index (χ0) is 15.1. The fourth-order valence-electron chi connectivity index (χ4n) is 2.65. The Morgan fingerprint density at radius 2 is 2.29 bits per heavy atom. The summed E-state index contributed by atoms with van der Waals surface area (Å²) in [6.45, 7) is 10.4. The molecule has 0 amide bonds. The van der Waals surface area contributed by atoms with Crippen LogP contribution in [-0.2, 0) is 0 Å². The van der Waals surface area contributed by atoms with Crippen LogP contribution in [0.5, 0.6) is 5.88 Å². The standard InChI is InChI=1S/C16H28N4O/c1-4-8-21-16-10-17-9-15(19-16)20(11-13(2)3)12-14-6-5-7-18-14/h9-10,13-14,18H,4-8,11-12H2,1-3H3. The van der Waals surface area contributed by atoms with E-state index in [0.29, 0.717) is 24.4 Å². The molecule has 1 aromatic heterocycles. The van der Waals surface area contributed by atoms with Crippen molar-refractivity contribution < 1.29 is 4.74 Å². The molecule has 1 fully saturated rings. The van der Waals surface area contributed by atoms with Gasteiger partial charge in [0.15, 0.2) is 5.82 Å². The zero-order valence-electron chi connectivity index (χ0n) is 13.5. The second-order valence-corrected chi connectivity index (χ2v) is 6.16. The lowest BCUT2D eigenvalue weighted by atomic mass is 10.1. The molecule has 1 unspecified atom stereocenters. The number of anilines is 1. The lowest BCUT2D eigenvalue weighted by molar-refractivity contribution is 0.304. The van der Waals surface area contributed by atoms with Gasteiger partial charge in [0.25, 0.3) is 0 Å². The van der Waals surface area contributed by atoms with Crippen molar-refractivity contribution >= 4 is 5.82 Å². The van der Waals surface area contributed by atoms with Gasteiger partial charge in [0.1, 0.15) is 0 Å². The highest BCUT2D eigenvalue weighted by Gasteiger charge is 2.20. The topological polar surface area (TPSA) is 50.3 Å². The van der Waals surface area contributed by atoms with E-state index in [1.54, 1.807) is 6.20 Å². The lowest BCUT2D eigenvalue weighted by Gasteiger charge is -2.28. The first-order chi connectivity index (χ1) is 10.2. The van der Waals surface area contributed by atoms with E-state index in [0.717, 1.165) is 31.9 Å². The number of rotatable bonds is 8. The summed E-state index contributed by atoms with van der Waals surface area (Å²) >= 11 is 0. The smallest absolute Gasteiger partial charge is 0.234 e. The van der Waals surface area contributed by atoms with Crippen molar-refractivity contribution in [2.24, 2.45) is 5.92 Å². The van der Waals surface area contributed by atoms with Crippen LogP contribution in [0.25, 0.3) is 0 Å². The van der Waals surface area contributed by atoms with E-state index in [1.807, 2.05) is 6.20 Å². The molecule has 1 N–H and O–H groups in total. The maximum atomic E-state index is 5.61. The van der Waals surface area contributed by atoms with E-state index in [1.165, 1.54) is 12.8 Å². The van der Waals surface area contributed by atoms with Crippen molar-refractivity contribution in [3.8, 4) is 5.88 Å². The van der Waals surface area contributed by atoms with Gasteiger partial charge in [-0.05, 0) is 31.7 Å². The second-order valence-electron chi connectivity index (χ2n) is 6.16. The average Bonchev–Trinajstić information content (AvgIpc) is 2.97. The van der Waals surface area contributed by atoms with Crippen molar-refractivity contribution in [2.75, 3.05) is 31.1 Å². The van der Waals surface area contributed by atoms with Crippen LogP contribution in [0.3, 0.4) is 0 Å². The molecule has 5 heteroatoms. The summed E-state index contributed by atoms with van der Waals surface area (Å²) in [5.41, 5.74) is 0. The van der Waals surface area contributed by atoms with Crippen LogP contribution < -0.4 is 15.0 Å². The molecule has 21 heavy (non-hydrogen) atoms. The Balaban J connectivity index is 2.06. The normalized spacial score (nSPS) is 18.2. The monoisotopic (exact) mass is 292 g/mol. The highest BCUT2D eigenvalue weighted by Crippen LogP contribution is 2.18. The van der Waals surface area contributed by atoms with E-state index in [9.17, 15) is 0 Å². The molecule has 0 bridgehead atoms. The maximum absolute atomic E-state index is 5.61. The Kier molecular flexibility index (Phi) is 6.23. The Morgan fingerprint density at radius 1 is 1.43 bits per heavy atom. The Labute approximate surface area is 128 Å². The molecular weight excluding hydrogens is 264 g/mol. The molecule has 0 spiro atoms. The van der Waals surface area contributed by atoms with Gasteiger partial charge >= 0.3 is 0 Å². The molecule has 0 aliphatic carbocycles. The maximum Gasteiger partial charge on any atom is 0.234 e. The third-order valence-electron chi connectivity index (χ3n) is 3.57. The van der Waals surface area contributed by atoms with Gasteiger partial charge < -0.3 is 15.0 Å². The first-order valence-electron chi connectivity index (χ1n) is 8.12. The van der Waals surface area contributed by atoms with Crippen LogP contribution in [0.1, 0.15) is 40.0 Å². The van der Waals surface area contributed by atoms with Crippen molar-refractivity contribution in [2.45, 2.75) is 46.1 Å². The molecule has 0 saturated carbocycles. The van der Waals surface area contributed by atoms with E-state index in [-0.39, 0.29) is 0 Å². The summed E-state index contributed by atoms with van der Waals surface area (Å²) in [5, 5.41) is 3.56. The Hall–Kier alpha value is -1.36. The van der Waals surface area contributed by atoms with Gasteiger partial charge in [0.05, 0.1) is 19.0 Å². The van der Waals surface area contributed by atoms with Gasteiger partial charge in [-0.2, -0.15) is 4.98 Å². The summed E-state index contributed by atoms with van der Waals surface area (Å²) in [7, 11) is 0. The lowest BCUT2D eigenvalue weighted by Crippen LogP contribution is -2.40. The van der Waals surface area contributed by atoms with Crippen LogP contribution in [-0.4, -0.2) is 42.3 Å². The number of hydrogen-bond acceptors (Lipinski definition) is 5. The van der Waals surface area contributed by atoms with E-state index < -0.39 is 0 Å². The highest BCUT2D eigenvalue weighted by molar-refractivity contribution is 5.38. The average molecular weight is 292 g/mol. The van der Waals surface area contributed by atoms with Gasteiger partial charge in [-0.15, -0.1) is 0 Å². The summed E-state index contributed by atoms with van der Waals surface area (Å²) in [6.07, 6.45) is 7.03. The zero-order valence-corrected chi connectivity index (χ0v) is 13.5. The molecule has 1 aliphatic rings. The summed E-state index contributed by atoms with van der Waals surface area (Å²) < 4.78 is 5.61. The molecule has 2 rings (SSSR count). The second kappa shape index (κ2) is 8.17. The predicted octanol–water partition coefficient (Wildman–Crippen LogP) is 2.48. The first kappa shape index (κ1) is 16.0. The number of nitrogens with zero attached hydrogens (tertiary/aromatic N) is 3. The van der Waals surface area contributed by atoms with Crippen molar-refractivity contribution in [3.05, 3.63) is 12.4 Å². The number of ether oxygens (including phenoxy) is 1. The number of aromatic nitrogens is 2. The number of hydrogen-bond donors (Lipinski definition) is 1. The largest absolute Gasteiger partial charge is 0.477 e. The van der Waals surface area contributed by atoms with Crippen LogP contribution in [0.4, 0.5) is 5.82 Å². The summed E-state index contributed by atoms with van der Waals surface area (Å²) in [5.74, 6) is 2.14. The molecule has 0 radical (unpaired) electrons. The van der Waals surface area contributed by atoms with Gasteiger partial charge in [-0.1, -0.05) is 20.8 Å². The SMILES string of the molecule is CCCOc1cncc(N(CC(C)C)CC2CCCN2)n1. The third kappa shape index (κ3) is 5.16. The van der Waals surface area contributed by atoms with E-state index >= 15 is 0 Å². The van der Waals surface area contributed by atoms with Gasteiger partial charge in [0.2, 0.25) is 5.88 Å². The molecule has 1 aromatic rings. The third-order valence-corrected chi connectivity index (χ3v) is 3.57. The quantitative estimate of drug-likeness (QED) is 0.797. The Morgan fingerprint density at radius 3 is 2.95 bits per heavy atom. The molecule has 2 heterocycles. The molecule has 0 aromatic carbocycles. The molecule has 1 saturated heterocycles. The van der Waals surface area contributed by atoms with Crippen molar-refractivity contribution in [1.82, 2.24) is 15.3 Å². The fraction of sp³-hybridized carbons (Fsp3) is 0.750. The number of nitrogens with one attached hydrogen (secondary N) is 1.